The van der Waals surface area contributed by atoms with E-state index in [9.17, 15) is 19.5 Å². The van der Waals surface area contributed by atoms with E-state index >= 15 is 0 Å². The monoisotopic (exact) mass is 257 g/mol. The molecule has 7 nitrogen and oxygen atoms in total. The molecule has 3 N–H and O–H groups in total. The minimum Gasteiger partial charge on any atom is -0.494 e. The maximum Gasteiger partial charge on any atom is 0.328 e. The van der Waals surface area contributed by atoms with Gasteiger partial charge in [-0.3, -0.25) is 19.6 Å². The van der Waals surface area contributed by atoms with E-state index in [-0.39, 0.29) is 11.1 Å². The number of fused-ring (bicyclic) bond motifs is 1. The highest BCUT2D eigenvalue weighted by Crippen LogP contribution is 2.17. The van der Waals surface area contributed by atoms with Crippen molar-refractivity contribution < 1.29 is 9.90 Å². The van der Waals surface area contributed by atoms with E-state index in [0.29, 0.717) is 10.6 Å². The van der Waals surface area contributed by atoms with Gasteiger partial charge in [-0.15, -0.1) is 0 Å². The molecule has 0 unspecified atom stereocenters. The van der Waals surface area contributed by atoms with Gasteiger partial charge in [-0.25, -0.2) is 9.79 Å². The number of amides is 1. The Morgan fingerprint density at radius 1 is 1.05 bits per heavy atom. The number of para-hydroxylation sites is 1. The molecule has 1 aliphatic heterocycles. The molecule has 1 amide bonds. The molecule has 0 radical (unpaired) electrons. The number of rotatable bonds is 1. The molecular formula is C12H7N3O4. The number of carbonyl (C=O) groups excluding carboxylic acids is 1. The molecule has 1 aromatic carbocycles. The summed E-state index contributed by atoms with van der Waals surface area (Å²) >= 11 is 0. The van der Waals surface area contributed by atoms with Crippen molar-refractivity contribution in [3.05, 3.63) is 61.2 Å². The second-order valence-electron chi connectivity index (χ2n) is 3.94. The molecule has 0 saturated carbocycles. The lowest BCUT2D eigenvalue weighted by Crippen LogP contribution is -2.29. The molecule has 0 aliphatic carbocycles. The zero-order chi connectivity index (χ0) is 13.6. The summed E-state index contributed by atoms with van der Waals surface area (Å²) in [6.45, 7) is 0. The average Bonchev–Trinajstić information content (AvgIpc) is 2.65. The predicted molar refractivity (Wildman–Crippen MR) is 64.1 cm³/mol. The number of nitrogens with one attached hydrogen (secondary N) is 2. The molecule has 19 heavy (non-hydrogen) atoms. The minimum absolute atomic E-state index is 0.0226. The Labute approximate surface area is 104 Å². The third-order valence-corrected chi connectivity index (χ3v) is 2.78. The number of hydrogen-bond acceptors (Lipinski definition) is 4. The lowest BCUT2D eigenvalue weighted by molar-refractivity contribution is -0.112. The van der Waals surface area contributed by atoms with Gasteiger partial charge in [-0.05, 0) is 6.07 Å². The Bertz CT molecular complexity index is 936. The lowest BCUT2D eigenvalue weighted by Gasteiger charge is -2.01. The van der Waals surface area contributed by atoms with Gasteiger partial charge in [-0.2, -0.15) is 0 Å². The van der Waals surface area contributed by atoms with Crippen molar-refractivity contribution in [3.63, 3.8) is 0 Å². The maximum atomic E-state index is 11.9. The first kappa shape index (κ1) is 11.1. The molecule has 0 spiro atoms. The predicted octanol–water partition coefficient (Wildman–Crippen LogP) is -1.87. The molecule has 3 rings (SSSR count). The SMILES string of the molecule is O=C1N=c2ccccc2=C1c1c(O)[nH]c(=O)[nH]c1=O. The van der Waals surface area contributed by atoms with E-state index in [0.717, 1.165) is 0 Å². The topological polar surface area (TPSA) is 115 Å². The van der Waals surface area contributed by atoms with Crippen molar-refractivity contribution in [2.45, 2.75) is 0 Å². The van der Waals surface area contributed by atoms with Crippen LogP contribution in [0.3, 0.4) is 0 Å². The Morgan fingerprint density at radius 2 is 1.79 bits per heavy atom. The summed E-state index contributed by atoms with van der Waals surface area (Å²) in [6, 6.07) is 6.62. The molecule has 0 bridgehead atoms. The van der Waals surface area contributed by atoms with Gasteiger partial charge in [0, 0.05) is 5.22 Å². The van der Waals surface area contributed by atoms with Crippen molar-refractivity contribution in [1.82, 2.24) is 9.97 Å². The van der Waals surface area contributed by atoms with Gasteiger partial charge in [-0.1, -0.05) is 18.2 Å². The fourth-order valence-electron chi connectivity index (χ4n) is 2.01. The summed E-state index contributed by atoms with van der Waals surface area (Å²) in [5.74, 6) is -1.28. The van der Waals surface area contributed by atoms with E-state index in [2.05, 4.69) is 4.99 Å². The van der Waals surface area contributed by atoms with Crippen LogP contribution in [0.25, 0.3) is 5.57 Å². The van der Waals surface area contributed by atoms with Crippen molar-refractivity contribution in [2.24, 2.45) is 4.99 Å². The number of aromatic nitrogens is 2. The molecule has 1 aromatic heterocycles. The van der Waals surface area contributed by atoms with Gasteiger partial charge < -0.3 is 5.11 Å². The van der Waals surface area contributed by atoms with Crippen LogP contribution in [-0.4, -0.2) is 21.0 Å². The highest BCUT2D eigenvalue weighted by molar-refractivity contribution is 6.21. The average molecular weight is 257 g/mol. The number of hydrogen-bond donors (Lipinski definition) is 3. The van der Waals surface area contributed by atoms with Gasteiger partial charge in [0.05, 0.1) is 10.9 Å². The summed E-state index contributed by atoms with van der Waals surface area (Å²) in [5.41, 5.74) is -1.98. The number of aromatic amines is 2. The fraction of sp³-hybridized carbons (Fsp3) is 0. The molecule has 2 heterocycles. The number of nitrogens with zero attached hydrogens (tertiary/aromatic N) is 1. The second kappa shape index (κ2) is 3.77. The Morgan fingerprint density at radius 3 is 2.53 bits per heavy atom. The second-order valence-corrected chi connectivity index (χ2v) is 3.94. The van der Waals surface area contributed by atoms with Gasteiger partial charge in [0.25, 0.3) is 11.5 Å². The molecule has 7 heteroatoms. The van der Waals surface area contributed by atoms with Crippen LogP contribution < -0.4 is 21.8 Å². The lowest BCUT2D eigenvalue weighted by atomic mass is 10.1. The first-order chi connectivity index (χ1) is 9.08. The van der Waals surface area contributed by atoms with Crippen molar-refractivity contribution >= 4 is 11.5 Å². The van der Waals surface area contributed by atoms with E-state index in [1.54, 1.807) is 24.3 Å². The van der Waals surface area contributed by atoms with Crippen LogP contribution in [-0.2, 0) is 4.79 Å². The highest BCUT2D eigenvalue weighted by atomic mass is 16.3. The number of benzene rings is 1. The molecule has 1 aliphatic rings. The molecule has 94 valence electrons. The summed E-state index contributed by atoms with van der Waals surface area (Å²) in [7, 11) is 0. The Balaban J connectivity index is 2.50. The normalized spacial score (nSPS) is 13.3. The zero-order valence-corrected chi connectivity index (χ0v) is 9.43. The number of aromatic hydroxyl groups is 1. The van der Waals surface area contributed by atoms with E-state index in [1.807, 2.05) is 9.97 Å². The summed E-state index contributed by atoms with van der Waals surface area (Å²) in [4.78, 5) is 42.4. The summed E-state index contributed by atoms with van der Waals surface area (Å²) in [6.07, 6.45) is 0. The fourth-order valence-corrected chi connectivity index (χ4v) is 2.01. The third-order valence-electron chi connectivity index (χ3n) is 2.78. The van der Waals surface area contributed by atoms with Gasteiger partial charge >= 0.3 is 5.69 Å². The van der Waals surface area contributed by atoms with E-state index < -0.39 is 23.0 Å². The minimum atomic E-state index is -0.845. The maximum absolute atomic E-state index is 11.9. The van der Waals surface area contributed by atoms with Crippen LogP contribution >= 0.6 is 0 Å². The van der Waals surface area contributed by atoms with Crippen LogP contribution in [0.15, 0.2) is 38.8 Å². The van der Waals surface area contributed by atoms with E-state index in [4.69, 9.17) is 0 Å². The van der Waals surface area contributed by atoms with Crippen molar-refractivity contribution in [3.8, 4) is 5.88 Å². The smallest absolute Gasteiger partial charge is 0.328 e. The number of H-pyrrole nitrogens is 2. The van der Waals surface area contributed by atoms with Crippen LogP contribution in [0.2, 0.25) is 0 Å². The first-order valence-electron chi connectivity index (χ1n) is 5.36. The molecule has 0 atom stereocenters. The summed E-state index contributed by atoms with van der Waals surface area (Å²) < 4.78 is 0. The molecular weight excluding hydrogens is 250 g/mol. The summed E-state index contributed by atoms with van der Waals surface area (Å²) in [5, 5.41) is 10.6. The van der Waals surface area contributed by atoms with Gasteiger partial charge in [0.1, 0.15) is 5.56 Å². The van der Waals surface area contributed by atoms with Crippen LogP contribution in [0.4, 0.5) is 0 Å². The van der Waals surface area contributed by atoms with Crippen LogP contribution in [0, 0.1) is 0 Å². The van der Waals surface area contributed by atoms with Gasteiger partial charge in [0.15, 0.2) is 0 Å². The Kier molecular flexibility index (Phi) is 2.21. The van der Waals surface area contributed by atoms with Crippen molar-refractivity contribution in [1.29, 1.82) is 0 Å². The van der Waals surface area contributed by atoms with E-state index in [1.165, 1.54) is 0 Å². The standard InChI is InChI=1S/C12H7N3O4/c16-9-7(5-3-1-2-4-6(5)13-9)8-10(17)14-12(19)15-11(8)18/h1-4H,(H3,14,15,17,18,19). The zero-order valence-electron chi connectivity index (χ0n) is 9.43. The van der Waals surface area contributed by atoms with Gasteiger partial charge in [0.2, 0.25) is 5.88 Å². The number of carbonyl (C=O) groups is 1. The Hall–Kier alpha value is -2.96. The molecule has 2 aromatic rings. The quantitative estimate of drug-likeness (QED) is 0.555. The van der Waals surface area contributed by atoms with Crippen LogP contribution in [0.5, 0.6) is 5.88 Å². The molecule has 0 fully saturated rings. The third kappa shape index (κ3) is 1.60. The molecule has 0 saturated heterocycles. The first-order valence-corrected chi connectivity index (χ1v) is 5.36. The van der Waals surface area contributed by atoms with Crippen molar-refractivity contribution in [2.75, 3.05) is 0 Å². The van der Waals surface area contributed by atoms with Crippen LogP contribution in [0.1, 0.15) is 5.56 Å². The largest absolute Gasteiger partial charge is 0.494 e. The highest BCUT2D eigenvalue weighted by Gasteiger charge is 2.24.